The normalized spacial score (nSPS) is 31.9. The minimum Gasteiger partial charge on any atom is -0.388 e. The zero-order valence-corrected chi connectivity index (χ0v) is 9.55. The molecule has 14 heavy (non-hydrogen) atoms. The second-order valence-corrected chi connectivity index (χ2v) is 4.69. The van der Waals surface area contributed by atoms with Gasteiger partial charge < -0.3 is 5.11 Å². The van der Waals surface area contributed by atoms with Gasteiger partial charge in [-0.3, -0.25) is 0 Å². The van der Waals surface area contributed by atoms with E-state index in [1.54, 1.807) is 0 Å². The number of allylic oxidation sites excluding steroid dienone is 1. The average Bonchev–Trinajstić information content (AvgIpc) is 2.18. The molecule has 0 aromatic rings. The molecular formula is C12H21ClO. The van der Waals surface area contributed by atoms with Gasteiger partial charge >= 0.3 is 0 Å². The molecule has 0 aliphatic heterocycles. The first-order valence-electron chi connectivity index (χ1n) is 5.79. The first-order chi connectivity index (χ1) is 6.80. The van der Waals surface area contributed by atoms with E-state index in [0.717, 1.165) is 19.3 Å². The van der Waals surface area contributed by atoms with Crippen LogP contribution in [0.3, 0.4) is 0 Å². The highest BCUT2D eigenvalue weighted by molar-refractivity contribution is 6.21. The second-order valence-electron chi connectivity index (χ2n) is 4.13. The van der Waals surface area contributed by atoms with Crippen molar-refractivity contribution in [3.05, 3.63) is 12.2 Å². The van der Waals surface area contributed by atoms with Gasteiger partial charge in [0.25, 0.3) is 0 Å². The summed E-state index contributed by atoms with van der Waals surface area (Å²) in [6.07, 6.45) is 13.2. The van der Waals surface area contributed by atoms with Crippen LogP contribution in [0.15, 0.2) is 12.2 Å². The Bertz CT molecular complexity index is 168. The van der Waals surface area contributed by atoms with Gasteiger partial charge in [-0.05, 0) is 19.3 Å². The lowest BCUT2D eigenvalue weighted by Crippen LogP contribution is -2.18. The smallest absolute Gasteiger partial charge is 0.0884 e. The van der Waals surface area contributed by atoms with Crippen LogP contribution in [0.4, 0.5) is 0 Å². The molecule has 82 valence electrons. The number of halogens is 1. The Kier molecular flexibility index (Phi) is 6.29. The van der Waals surface area contributed by atoms with Gasteiger partial charge in [0.1, 0.15) is 0 Å². The Morgan fingerprint density at radius 3 is 2.43 bits per heavy atom. The summed E-state index contributed by atoms with van der Waals surface area (Å²) in [6, 6.07) is 0. The molecule has 2 atom stereocenters. The van der Waals surface area contributed by atoms with E-state index in [4.69, 9.17) is 11.6 Å². The van der Waals surface area contributed by atoms with Crippen LogP contribution >= 0.6 is 11.6 Å². The van der Waals surface area contributed by atoms with Crippen LogP contribution in [-0.2, 0) is 0 Å². The Labute approximate surface area is 92.2 Å². The number of rotatable bonds is 0. The monoisotopic (exact) mass is 216 g/mol. The summed E-state index contributed by atoms with van der Waals surface area (Å²) in [5.74, 6) is 0. The van der Waals surface area contributed by atoms with Crippen molar-refractivity contribution in [1.29, 1.82) is 0 Å². The molecule has 0 fully saturated rings. The second kappa shape index (κ2) is 7.30. The summed E-state index contributed by atoms with van der Waals surface area (Å²) in [6.45, 7) is 0. The van der Waals surface area contributed by atoms with Crippen LogP contribution in [0.2, 0.25) is 0 Å². The maximum absolute atomic E-state index is 9.64. The van der Waals surface area contributed by atoms with Crippen LogP contribution in [0, 0.1) is 0 Å². The molecule has 0 aromatic heterocycles. The van der Waals surface area contributed by atoms with E-state index in [0.29, 0.717) is 0 Å². The highest BCUT2D eigenvalue weighted by Gasteiger charge is 2.12. The molecule has 1 aliphatic rings. The van der Waals surface area contributed by atoms with Crippen LogP contribution in [-0.4, -0.2) is 16.6 Å². The van der Waals surface area contributed by atoms with Crippen molar-refractivity contribution >= 4 is 11.6 Å². The molecule has 1 nitrogen and oxygen atoms in total. The number of aliphatic hydroxyl groups is 1. The molecule has 1 aliphatic carbocycles. The minimum atomic E-state index is -0.448. The van der Waals surface area contributed by atoms with E-state index in [1.165, 1.54) is 32.1 Å². The van der Waals surface area contributed by atoms with Gasteiger partial charge in [0.05, 0.1) is 11.5 Å². The fourth-order valence-corrected chi connectivity index (χ4v) is 2.07. The van der Waals surface area contributed by atoms with Crippen molar-refractivity contribution in [3.63, 3.8) is 0 Å². The zero-order chi connectivity index (χ0) is 10.2. The van der Waals surface area contributed by atoms with E-state index >= 15 is 0 Å². The summed E-state index contributed by atoms with van der Waals surface area (Å²) >= 11 is 6.06. The molecule has 0 saturated carbocycles. The predicted octanol–water partition coefficient (Wildman–Crippen LogP) is 3.65. The lowest BCUT2D eigenvalue weighted by molar-refractivity contribution is 0.211. The molecule has 0 aromatic carbocycles. The lowest BCUT2D eigenvalue weighted by Gasteiger charge is -2.14. The van der Waals surface area contributed by atoms with Crippen molar-refractivity contribution in [2.45, 2.75) is 62.8 Å². The Hall–Kier alpha value is -0.0100. The van der Waals surface area contributed by atoms with Gasteiger partial charge in [0.15, 0.2) is 0 Å². The number of aliphatic hydroxyl groups excluding tert-OH is 1. The minimum absolute atomic E-state index is 0.0920. The molecule has 0 heterocycles. The number of alkyl halides is 1. The molecule has 0 spiro atoms. The molecule has 0 bridgehead atoms. The van der Waals surface area contributed by atoms with E-state index in [9.17, 15) is 5.11 Å². The van der Waals surface area contributed by atoms with Crippen LogP contribution < -0.4 is 0 Å². The summed E-state index contributed by atoms with van der Waals surface area (Å²) < 4.78 is 0. The van der Waals surface area contributed by atoms with Crippen molar-refractivity contribution in [1.82, 2.24) is 0 Å². The zero-order valence-electron chi connectivity index (χ0n) is 8.79. The largest absolute Gasteiger partial charge is 0.388 e. The third-order valence-corrected chi connectivity index (χ3v) is 3.28. The van der Waals surface area contributed by atoms with Crippen molar-refractivity contribution in [2.75, 3.05) is 0 Å². The molecule has 2 heteroatoms. The summed E-state index contributed by atoms with van der Waals surface area (Å²) in [5, 5.41) is 9.55. The number of hydrogen-bond acceptors (Lipinski definition) is 1. The van der Waals surface area contributed by atoms with Crippen molar-refractivity contribution < 1.29 is 5.11 Å². The van der Waals surface area contributed by atoms with Crippen LogP contribution in [0.25, 0.3) is 0 Å². The molecule has 1 N–H and O–H groups in total. The molecule has 0 saturated heterocycles. The standard InChI is InChI=1S/C12H21ClO/c13-11-9-7-5-3-1-2-4-6-8-10-12(11)14/h8,10-12,14H,1-7,9H2. The van der Waals surface area contributed by atoms with Gasteiger partial charge in [-0.1, -0.05) is 44.3 Å². The highest BCUT2D eigenvalue weighted by Crippen LogP contribution is 2.17. The molecule has 2 unspecified atom stereocenters. The Morgan fingerprint density at radius 2 is 1.64 bits per heavy atom. The number of hydrogen-bond donors (Lipinski definition) is 1. The van der Waals surface area contributed by atoms with Gasteiger partial charge in [-0.15, -0.1) is 11.6 Å². The van der Waals surface area contributed by atoms with Crippen LogP contribution in [0.1, 0.15) is 51.4 Å². The molecule has 0 amide bonds. The van der Waals surface area contributed by atoms with Gasteiger partial charge in [-0.2, -0.15) is 0 Å². The first kappa shape index (κ1) is 12.1. The fraction of sp³-hybridized carbons (Fsp3) is 0.833. The van der Waals surface area contributed by atoms with Crippen LogP contribution in [0.5, 0.6) is 0 Å². The van der Waals surface area contributed by atoms with Gasteiger partial charge in [-0.25, -0.2) is 0 Å². The lowest BCUT2D eigenvalue weighted by atomic mass is 10.0. The van der Waals surface area contributed by atoms with E-state index in [-0.39, 0.29) is 5.38 Å². The predicted molar refractivity (Wildman–Crippen MR) is 61.7 cm³/mol. The quantitative estimate of drug-likeness (QED) is 0.484. The van der Waals surface area contributed by atoms with E-state index < -0.39 is 6.10 Å². The summed E-state index contributed by atoms with van der Waals surface area (Å²) in [5.41, 5.74) is 0. The van der Waals surface area contributed by atoms with Gasteiger partial charge in [0.2, 0.25) is 0 Å². The maximum atomic E-state index is 9.64. The first-order valence-corrected chi connectivity index (χ1v) is 6.23. The molecular weight excluding hydrogens is 196 g/mol. The Morgan fingerprint density at radius 1 is 1.00 bits per heavy atom. The Balaban J connectivity index is 2.35. The summed E-state index contributed by atoms with van der Waals surface area (Å²) in [4.78, 5) is 0. The SMILES string of the molecule is OC1C=CCCCCCCCCC1Cl. The molecule has 0 radical (unpaired) electrons. The highest BCUT2D eigenvalue weighted by atomic mass is 35.5. The third-order valence-electron chi connectivity index (χ3n) is 2.80. The molecule has 1 rings (SSSR count). The topological polar surface area (TPSA) is 20.2 Å². The van der Waals surface area contributed by atoms with Gasteiger partial charge in [0, 0.05) is 0 Å². The van der Waals surface area contributed by atoms with E-state index in [2.05, 4.69) is 6.08 Å². The van der Waals surface area contributed by atoms with Crippen molar-refractivity contribution in [2.24, 2.45) is 0 Å². The van der Waals surface area contributed by atoms with Crippen molar-refractivity contribution in [3.8, 4) is 0 Å². The maximum Gasteiger partial charge on any atom is 0.0884 e. The third kappa shape index (κ3) is 5.02. The average molecular weight is 217 g/mol. The summed E-state index contributed by atoms with van der Waals surface area (Å²) in [7, 11) is 0. The van der Waals surface area contributed by atoms with E-state index in [1.807, 2.05) is 6.08 Å². The fourth-order valence-electron chi connectivity index (χ4n) is 1.84.